The van der Waals surface area contributed by atoms with E-state index in [4.69, 9.17) is 4.52 Å². The van der Waals surface area contributed by atoms with Crippen LogP contribution in [0.2, 0.25) is 0 Å². The minimum Gasteiger partial charge on any atom is -0.334 e. The molecule has 0 amide bonds. The first-order valence-electron chi connectivity index (χ1n) is 8.08. The minimum absolute atomic E-state index is 0.0843. The molecule has 0 spiro atoms. The van der Waals surface area contributed by atoms with Gasteiger partial charge < -0.3 is 4.52 Å². The molecule has 23 heavy (non-hydrogen) atoms. The first kappa shape index (κ1) is 14.8. The van der Waals surface area contributed by atoms with Crippen LogP contribution in [0, 0.1) is 0 Å². The highest BCUT2D eigenvalue weighted by molar-refractivity contribution is 7.89. The van der Waals surface area contributed by atoms with Gasteiger partial charge in [0.05, 0.1) is 4.90 Å². The lowest BCUT2D eigenvalue weighted by molar-refractivity contribution is 0.415. The highest BCUT2D eigenvalue weighted by Gasteiger charge is 2.28. The van der Waals surface area contributed by atoms with Crippen LogP contribution in [0.3, 0.4) is 0 Å². The van der Waals surface area contributed by atoms with Crippen LogP contribution < -0.4 is 4.72 Å². The van der Waals surface area contributed by atoms with Crippen molar-refractivity contribution in [3.05, 3.63) is 30.1 Å². The number of hydrogen-bond acceptors (Lipinski definition) is 5. The summed E-state index contributed by atoms with van der Waals surface area (Å²) in [6.45, 7) is 0. The van der Waals surface area contributed by atoms with Crippen LogP contribution in [0.5, 0.6) is 0 Å². The number of nitrogens with one attached hydrogen (secondary N) is 1. The topological polar surface area (TPSA) is 85.1 Å². The van der Waals surface area contributed by atoms with Crippen LogP contribution in [0.1, 0.15) is 50.3 Å². The molecule has 0 unspecified atom stereocenters. The quantitative estimate of drug-likeness (QED) is 0.909. The van der Waals surface area contributed by atoms with Gasteiger partial charge >= 0.3 is 0 Å². The van der Waals surface area contributed by atoms with Crippen molar-refractivity contribution in [2.45, 2.75) is 55.4 Å². The smallest absolute Gasteiger partial charge is 0.257 e. The second-order valence-corrected chi connectivity index (χ2v) is 8.08. The van der Waals surface area contributed by atoms with E-state index in [0.717, 1.165) is 31.5 Å². The van der Waals surface area contributed by atoms with Gasteiger partial charge in [0.25, 0.3) is 5.89 Å². The molecule has 1 N–H and O–H groups in total. The van der Waals surface area contributed by atoms with Gasteiger partial charge in [-0.05, 0) is 43.9 Å². The lowest BCUT2D eigenvalue weighted by atomic mass is 10.1. The van der Waals surface area contributed by atoms with E-state index in [0.29, 0.717) is 17.4 Å². The third kappa shape index (κ3) is 3.16. The van der Waals surface area contributed by atoms with Gasteiger partial charge in [-0.25, -0.2) is 13.1 Å². The second kappa shape index (κ2) is 5.72. The molecule has 1 aromatic heterocycles. The number of nitrogens with zero attached hydrogens (tertiary/aromatic N) is 2. The maximum absolute atomic E-state index is 12.3. The zero-order chi connectivity index (χ0) is 15.9. The van der Waals surface area contributed by atoms with Gasteiger partial charge in [0.2, 0.25) is 10.0 Å². The predicted molar refractivity (Wildman–Crippen MR) is 84.3 cm³/mol. The molecule has 1 aromatic carbocycles. The van der Waals surface area contributed by atoms with Crippen LogP contribution in [-0.4, -0.2) is 24.6 Å². The molecule has 0 radical (unpaired) electrons. The molecule has 0 saturated heterocycles. The average Bonchev–Trinajstić information content (AvgIpc) is 3.05. The molecule has 7 heteroatoms. The van der Waals surface area contributed by atoms with Gasteiger partial charge in [-0.3, -0.25) is 0 Å². The van der Waals surface area contributed by atoms with E-state index < -0.39 is 10.0 Å². The first-order valence-corrected chi connectivity index (χ1v) is 9.56. The lowest BCUT2D eigenvalue weighted by Crippen LogP contribution is -2.25. The molecule has 2 fully saturated rings. The largest absolute Gasteiger partial charge is 0.334 e. The summed E-state index contributed by atoms with van der Waals surface area (Å²) in [6, 6.07) is 6.76. The van der Waals surface area contributed by atoms with Gasteiger partial charge in [-0.2, -0.15) is 4.98 Å². The highest BCUT2D eigenvalue weighted by Crippen LogP contribution is 2.33. The molecular formula is C16H19N3O3S. The van der Waals surface area contributed by atoms with Crippen molar-refractivity contribution >= 4 is 10.0 Å². The fourth-order valence-electron chi connectivity index (χ4n) is 2.99. The number of hydrogen-bond donors (Lipinski definition) is 1. The Balaban J connectivity index is 1.60. The third-order valence-electron chi connectivity index (χ3n) is 4.45. The Morgan fingerprint density at radius 1 is 1.13 bits per heavy atom. The Morgan fingerprint density at radius 3 is 2.65 bits per heavy atom. The van der Waals surface area contributed by atoms with Crippen LogP contribution in [-0.2, 0) is 10.0 Å². The molecule has 0 atom stereocenters. The monoisotopic (exact) mass is 333 g/mol. The van der Waals surface area contributed by atoms with Gasteiger partial charge in [0.15, 0.2) is 5.82 Å². The van der Waals surface area contributed by atoms with Gasteiger partial charge in [-0.15, -0.1) is 0 Å². The summed E-state index contributed by atoms with van der Waals surface area (Å²) in [5.74, 6) is 1.49. The Kier molecular flexibility index (Phi) is 3.69. The van der Waals surface area contributed by atoms with Crippen molar-refractivity contribution in [1.29, 1.82) is 0 Å². The van der Waals surface area contributed by atoms with Crippen LogP contribution in [0.15, 0.2) is 33.7 Å². The van der Waals surface area contributed by atoms with Crippen LogP contribution >= 0.6 is 0 Å². The van der Waals surface area contributed by atoms with Gasteiger partial charge in [0, 0.05) is 17.5 Å². The molecule has 2 aliphatic rings. The zero-order valence-corrected chi connectivity index (χ0v) is 13.6. The number of rotatable bonds is 5. The SMILES string of the molecule is O=S(=O)(NC1CC1)c1cccc(-c2nc(C3CCCC3)no2)c1. The van der Waals surface area contributed by atoms with E-state index >= 15 is 0 Å². The summed E-state index contributed by atoms with van der Waals surface area (Å²) in [5.41, 5.74) is 0.639. The maximum Gasteiger partial charge on any atom is 0.257 e. The predicted octanol–water partition coefficient (Wildman–Crippen LogP) is 2.83. The Morgan fingerprint density at radius 2 is 1.91 bits per heavy atom. The summed E-state index contributed by atoms with van der Waals surface area (Å²) >= 11 is 0. The molecule has 0 bridgehead atoms. The third-order valence-corrected chi connectivity index (χ3v) is 5.97. The molecule has 4 rings (SSSR count). The summed E-state index contributed by atoms with van der Waals surface area (Å²) in [5, 5.41) is 4.07. The van der Waals surface area contributed by atoms with Gasteiger partial charge in [-0.1, -0.05) is 24.1 Å². The van der Waals surface area contributed by atoms with Crippen molar-refractivity contribution in [3.63, 3.8) is 0 Å². The van der Waals surface area contributed by atoms with Gasteiger partial charge in [0.1, 0.15) is 0 Å². The molecular weight excluding hydrogens is 314 g/mol. The Labute approximate surface area is 135 Å². The van der Waals surface area contributed by atoms with Crippen molar-refractivity contribution < 1.29 is 12.9 Å². The highest BCUT2D eigenvalue weighted by atomic mass is 32.2. The van der Waals surface area contributed by atoms with Crippen LogP contribution in [0.25, 0.3) is 11.5 Å². The summed E-state index contributed by atoms with van der Waals surface area (Å²) in [7, 11) is -3.48. The van der Waals surface area contributed by atoms with Crippen molar-refractivity contribution in [2.75, 3.05) is 0 Å². The molecule has 6 nitrogen and oxygen atoms in total. The standard InChI is InChI=1S/C16H19N3O3S/c20-23(21,19-13-8-9-13)14-7-3-6-12(10-14)16-17-15(18-22-16)11-4-1-2-5-11/h3,6-7,10-11,13,19H,1-2,4-5,8-9H2. The molecule has 2 saturated carbocycles. The summed E-state index contributed by atoms with van der Waals surface area (Å²) < 4.78 is 32.6. The van der Waals surface area contributed by atoms with E-state index in [-0.39, 0.29) is 10.9 Å². The number of sulfonamides is 1. The molecule has 2 aliphatic carbocycles. The van der Waals surface area contributed by atoms with Crippen molar-refractivity contribution in [2.24, 2.45) is 0 Å². The zero-order valence-electron chi connectivity index (χ0n) is 12.7. The minimum atomic E-state index is -3.48. The molecule has 2 aromatic rings. The van der Waals surface area contributed by atoms with E-state index in [2.05, 4.69) is 14.9 Å². The number of benzene rings is 1. The normalized spacial score (nSPS) is 19.3. The van der Waals surface area contributed by atoms with E-state index in [1.54, 1.807) is 24.3 Å². The maximum atomic E-state index is 12.3. The fourth-order valence-corrected chi connectivity index (χ4v) is 4.34. The molecule has 1 heterocycles. The average molecular weight is 333 g/mol. The van der Waals surface area contributed by atoms with Crippen LogP contribution in [0.4, 0.5) is 0 Å². The lowest BCUT2D eigenvalue weighted by Gasteiger charge is -2.06. The molecule has 0 aliphatic heterocycles. The Hall–Kier alpha value is -1.73. The first-order chi connectivity index (χ1) is 11.1. The van der Waals surface area contributed by atoms with E-state index in [1.165, 1.54) is 12.8 Å². The number of aromatic nitrogens is 2. The summed E-state index contributed by atoms with van der Waals surface area (Å²) in [6.07, 6.45) is 6.42. The fraction of sp³-hybridized carbons (Fsp3) is 0.500. The second-order valence-electron chi connectivity index (χ2n) is 6.36. The Bertz CT molecular complexity index is 805. The summed E-state index contributed by atoms with van der Waals surface area (Å²) in [4.78, 5) is 4.70. The molecule has 122 valence electrons. The van der Waals surface area contributed by atoms with E-state index in [9.17, 15) is 8.42 Å². The van der Waals surface area contributed by atoms with Crippen molar-refractivity contribution in [1.82, 2.24) is 14.9 Å². The van der Waals surface area contributed by atoms with E-state index in [1.807, 2.05) is 0 Å². The van der Waals surface area contributed by atoms with Crippen molar-refractivity contribution in [3.8, 4) is 11.5 Å².